The van der Waals surface area contributed by atoms with Gasteiger partial charge in [-0.3, -0.25) is 0 Å². The predicted octanol–water partition coefficient (Wildman–Crippen LogP) is 1.72. The Labute approximate surface area is 82.2 Å². The molecule has 0 radical (unpaired) electrons. The minimum atomic E-state index is -3.31. The first-order valence-electron chi connectivity index (χ1n) is 3.53. The van der Waals surface area contributed by atoms with Crippen LogP contribution in [0.25, 0.3) is 0 Å². The summed E-state index contributed by atoms with van der Waals surface area (Å²) in [6, 6.07) is 5.97. The highest BCUT2D eigenvalue weighted by molar-refractivity contribution is 7.91. The Bertz CT molecular complexity index is 369. The van der Waals surface area contributed by atoms with Crippen LogP contribution in [-0.4, -0.2) is 21.5 Å². The molecule has 3 nitrogen and oxygen atoms in total. The summed E-state index contributed by atoms with van der Waals surface area (Å²) < 4.78 is 27.3. The van der Waals surface area contributed by atoms with E-state index in [1.54, 1.807) is 0 Å². The topological polar surface area (TPSA) is 43.4 Å². The van der Waals surface area contributed by atoms with Crippen LogP contribution in [0.4, 0.5) is 0 Å². The van der Waals surface area contributed by atoms with Gasteiger partial charge in [0.1, 0.15) is 0 Å². The Morgan fingerprint density at radius 2 is 1.85 bits per heavy atom. The molecule has 0 atom stereocenters. The Balaban J connectivity index is 3.02. The van der Waals surface area contributed by atoms with Crippen molar-refractivity contribution in [2.45, 2.75) is 4.90 Å². The number of benzene rings is 1. The smallest absolute Gasteiger partial charge is 0.202 e. The summed E-state index contributed by atoms with van der Waals surface area (Å²) in [5.74, 6) is -0.311. The molecular weight excluding hydrogens is 212 g/mol. The molecule has 1 aromatic carbocycles. The minimum absolute atomic E-state index is 0.221. The van der Waals surface area contributed by atoms with Gasteiger partial charge in [-0.1, -0.05) is 11.6 Å². The molecule has 0 heterocycles. The molecule has 0 unspecified atom stereocenters. The molecule has 0 spiro atoms. The van der Waals surface area contributed by atoms with Gasteiger partial charge >= 0.3 is 0 Å². The maximum absolute atomic E-state index is 11.4. The van der Waals surface area contributed by atoms with Crippen LogP contribution < -0.4 is 0 Å². The highest BCUT2D eigenvalue weighted by Crippen LogP contribution is 2.15. The molecule has 1 aromatic rings. The maximum atomic E-state index is 11.4. The second-order valence-corrected chi connectivity index (χ2v) is 4.85. The fourth-order valence-corrected chi connectivity index (χ4v) is 1.99. The van der Waals surface area contributed by atoms with Crippen LogP contribution >= 0.6 is 11.6 Å². The third kappa shape index (κ3) is 2.69. The lowest BCUT2D eigenvalue weighted by Gasteiger charge is -2.02. The summed E-state index contributed by atoms with van der Waals surface area (Å²) in [6.07, 6.45) is 0. The molecule has 0 bridgehead atoms. The quantitative estimate of drug-likeness (QED) is 0.779. The first-order chi connectivity index (χ1) is 6.06. The highest BCUT2D eigenvalue weighted by atomic mass is 35.5. The van der Waals surface area contributed by atoms with Crippen molar-refractivity contribution in [1.29, 1.82) is 0 Å². The van der Waals surface area contributed by atoms with E-state index in [2.05, 4.69) is 4.74 Å². The molecular formula is C8H9ClO3S. The maximum Gasteiger partial charge on any atom is 0.202 e. The standard InChI is InChI=1S/C8H9ClO3S/c1-12-6-13(10,11)8-4-2-7(9)3-5-8/h2-5H,6H2,1H3. The minimum Gasteiger partial charge on any atom is -0.368 e. The molecule has 0 aromatic heterocycles. The lowest BCUT2D eigenvalue weighted by atomic mass is 10.4. The van der Waals surface area contributed by atoms with E-state index in [0.29, 0.717) is 5.02 Å². The first kappa shape index (κ1) is 10.5. The van der Waals surface area contributed by atoms with Crippen molar-refractivity contribution >= 4 is 21.4 Å². The Hall–Kier alpha value is -0.580. The fraction of sp³-hybridized carbons (Fsp3) is 0.250. The van der Waals surface area contributed by atoms with Crippen LogP contribution in [0.5, 0.6) is 0 Å². The van der Waals surface area contributed by atoms with Gasteiger partial charge in [0.05, 0.1) is 4.90 Å². The van der Waals surface area contributed by atoms with Gasteiger partial charge in [0, 0.05) is 12.1 Å². The van der Waals surface area contributed by atoms with E-state index in [-0.39, 0.29) is 10.8 Å². The van der Waals surface area contributed by atoms with Crippen molar-refractivity contribution in [3.63, 3.8) is 0 Å². The Kier molecular flexibility index (Phi) is 3.30. The van der Waals surface area contributed by atoms with Crippen molar-refractivity contribution in [2.24, 2.45) is 0 Å². The van der Waals surface area contributed by atoms with E-state index in [9.17, 15) is 8.42 Å². The van der Waals surface area contributed by atoms with Crippen LogP contribution in [0.15, 0.2) is 29.2 Å². The molecule has 0 saturated heterocycles. The van der Waals surface area contributed by atoms with Gasteiger partial charge in [-0.25, -0.2) is 8.42 Å². The summed E-state index contributed by atoms with van der Waals surface area (Å²) in [6.45, 7) is 0. The molecule has 72 valence electrons. The number of hydrogen-bond donors (Lipinski definition) is 0. The number of sulfone groups is 1. The molecule has 0 N–H and O–H groups in total. The molecule has 0 aliphatic rings. The van der Waals surface area contributed by atoms with E-state index in [1.165, 1.54) is 31.4 Å². The number of halogens is 1. The van der Waals surface area contributed by atoms with Crippen molar-refractivity contribution < 1.29 is 13.2 Å². The second kappa shape index (κ2) is 4.09. The third-order valence-electron chi connectivity index (χ3n) is 1.45. The van der Waals surface area contributed by atoms with Crippen LogP contribution in [0.3, 0.4) is 0 Å². The summed E-state index contributed by atoms with van der Waals surface area (Å²) in [4.78, 5) is 0.221. The van der Waals surface area contributed by atoms with Gasteiger partial charge in [0.25, 0.3) is 0 Å². The van der Waals surface area contributed by atoms with Crippen molar-refractivity contribution in [1.82, 2.24) is 0 Å². The van der Waals surface area contributed by atoms with E-state index in [0.717, 1.165) is 0 Å². The van der Waals surface area contributed by atoms with E-state index < -0.39 is 9.84 Å². The van der Waals surface area contributed by atoms with Crippen molar-refractivity contribution in [3.05, 3.63) is 29.3 Å². The van der Waals surface area contributed by atoms with Crippen LogP contribution in [0.1, 0.15) is 0 Å². The number of ether oxygens (including phenoxy) is 1. The summed E-state index contributed by atoms with van der Waals surface area (Å²) in [5.41, 5.74) is 0. The third-order valence-corrected chi connectivity index (χ3v) is 3.23. The summed E-state index contributed by atoms with van der Waals surface area (Å²) >= 11 is 5.61. The predicted molar refractivity (Wildman–Crippen MR) is 50.5 cm³/mol. The second-order valence-electron chi connectivity index (χ2n) is 2.48. The molecule has 13 heavy (non-hydrogen) atoms. The lowest BCUT2D eigenvalue weighted by Crippen LogP contribution is -2.07. The summed E-state index contributed by atoms with van der Waals surface area (Å²) in [5, 5.41) is 0.511. The van der Waals surface area contributed by atoms with E-state index in [4.69, 9.17) is 11.6 Å². The Morgan fingerprint density at radius 1 is 1.31 bits per heavy atom. The molecule has 1 rings (SSSR count). The van der Waals surface area contributed by atoms with Gasteiger partial charge in [-0.15, -0.1) is 0 Å². The molecule has 5 heteroatoms. The van der Waals surface area contributed by atoms with Crippen molar-refractivity contribution in [2.75, 3.05) is 13.0 Å². The number of hydrogen-bond acceptors (Lipinski definition) is 3. The van der Waals surface area contributed by atoms with Gasteiger partial charge in [-0.2, -0.15) is 0 Å². The number of methoxy groups -OCH3 is 1. The Morgan fingerprint density at radius 3 is 2.31 bits per heavy atom. The van der Waals surface area contributed by atoms with Gasteiger partial charge in [-0.05, 0) is 24.3 Å². The molecule has 0 fully saturated rings. The summed E-state index contributed by atoms with van der Waals surface area (Å²) in [7, 11) is -1.97. The zero-order chi connectivity index (χ0) is 9.90. The highest BCUT2D eigenvalue weighted by Gasteiger charge is 2.12. The largest absolute Gasteiger partial charge is 0.368 e. The van der Waals surface area contributed by atoms with Gasteiger partial charge in [0.2, 0.25) is 9.84 Å². The SMILES string of the molecule is COCS(=O)(=O)c1ccc(Cl)cc1. The van der Waals surface area contributed by atoms with Gasteiger partial charge in [0.15, 0.2) is 5.94 Å². The fourth-order valence-electron chi connectivity index (χ4n) is 0.865. The van der Waals surface area contributed by atoms with Crippen molar-refractivity contribution in [3.8, 4) is 0 Å². The van der Waals surface area contributed by atoms with Crippen LogP contribution in [-0.2, 0) is 14.6 Å². The van der Waals surface area contributed by atoms with E-state index in [1.807, 2.05) is 0 Å². The number of rotatable bonds is 3. The molecule has 0 saturated carbocycles. The molecule has 0 amide bonds. The normalized spacial score (nSPS) is 11.5. The first-order valence-corrected chi connectivity index (χ1v) is 5.56. The molecule has 0 aliphatic carbocycles. The zero-order valence-electron chi connectivity index (χ0n) is 7.03. The molecule has 0 aliphatic heterocycles. The average molecular weight is 221 g/mol. The van der Waals surface area contributed by atoms with Gasteiger partial charge < -0.3 is 4.74 Å². The lowest BCUT2D eigenvalue weighted by molar-refractivity contribution is 0.250. The average Bonchev–Trinajstić information content (AvgIpc) is 2.05. The monoisotopic (exact) mass is 220 g/mol. The zero-order valence-corrected chi connectivity index (χ0v) is 8.60. The van der Waals surface area contributed by atoms with Crippen LogP contribution in [0.2, 0.25) is 5.02 Å². The van der Waals surface area contributed by atoms with Crippen LogP contribution in [0, 0.1) is 0 Å². The van der Waals surface area contributed by atoms with E-state index >= 15 is 0 Å².